The molecule has 0 spiro atoms. The van der Waals surface area contributed by atoms with E-state index in [0.29, 0.717) is 37.0 Å². The van der Waals surface area contributed by atoms with Crippen molar-refractivity contribution in [1.29, 1.82) is 0 Å². The van der Waals surface area contributed by atoms with Gasteiger partial charge in [0.15, 0.2) is 0 Å². The first-order valence-electron chi connectivity index (χ1n) is 15.3. The second kappa shape index (κ2) is 13.6. The summed E-state index contributed by atoms with van der Waals surface area (Å²) >= 11 is 0. The van der Waals surface area contributed by atoms with Gasteiger partial charge in [-0.05, 0) is 89.3 Å². The number of alkyl halides is 1. The summed E-state index contributed by atoms with van der Waals surface area (Å²) in [6.07, 6.45) is 3.38. The third kappa shape index (κ3) is 8.00. The number of anilines is 4. The minimum atomic E-state index is -0.545. The summed E-state index contributed by atoms with van der Waals surface area (Å²) in [6.45, 7) is 13.9. The number of carbonyl (C=O) groups is 2. The monoisotopic (exact) mass is 605 g/mol. The molecule has 1 aromatic carbocycles. The topological polar surface area (TPSA) is 121 Å². The Kier molecular flexibility index (Phi) is 10.1. The van der Waals surface area contributed by atoms with Crippen LogP contribution >= 0.6 is 0 Å². The van der Waals surface area contributed by atoms with E-state index >= 15 is 0 Å². The largest absolute Gasteiger partial charge is 0.444 e. The van der Waals surface area contributed by atoms with Crippen LogP contribution in [0.25, 0.3) is 0 Å². The van der Waals surface area contributed by atoms with E-state index < -0.39 is 17.7 Å². The van der Waals surface area contributed by atoms with Gasteiger partial charge in [-0.3, -0.25) is 9.18 Å². The molecule has 5 rings (SSSR count). The number of ether oxygens (including phenoxy) is 1. The van der Waals surface area contributed by atoms with Gasteiger partial charge in [-0.1, -0.05) is 26.0 Å². The van der Waals surface area contributed by atoms with Crippen molar-refractivity contribution in [3.8, 4) is 0 Å². The lowest BCUT2D eigenvalue weighted by atomic mass is 9.99. The first-order chi connectivity index (χ1) is 20.9. The van der Waals surface area contributed by atoms with E-state index in [1.807, 2.05) is 78.8 Å². The maximum atomic E-state index is 13.7. The number of nitrogens with zero attached hydrogens (tertiary/aromatic N) is 4. The van der Waals surface area contributed by atoms with Gasteiger partial charge in [-0.15, -0.1) is 0 Å². The molecule has 2 aliphatic rings. The molecule has 1 aliphatic heterocycles. The molecule has 11 heteroatoms. The van der Waals surface area contributed by atoms with Crippen LogP contribution in [0.4, 0.5) is 32.5 Å². The smallest absolute Gasteiger partial charge is 0.410 e. The summed E-state index contributed by atoms with van der Waals surface area (Å²) in [6, 6.07) is 11.3. The molecule has 1 fully saturated rings. The summed E-state index contributed by atoms with van der Waals surface area (Å²) in [4.78, 5) is 40.9. The number of benzene rings is 1. The molecular weight excluding hydrogens is 561 g/mol. The Bertz CT molecular complexity index is 1480. The van der Waals surface area contributed by atoms with Crippen LogP contribution in [0.1, 0.15) is 88.5 Å². The zero-order valence-corrected chi connectivity index (χ0v) is 26.8. The zero-order valence-electron chi connectivity index (χ0n) is 26.8. The van der Waals surface area contributed by atoms with Gasteiger partial charge >= 0.3 is 6.09 Å². The van der Waals surface area contributed by atoms with Crippen LogP contribution in [0.5, 0.6) is 0 Å². The lowest BCUT2D eigenvalue weighted by Crippen LogP contribution is -2.39. The molecule has 2 amide bonds. The van der Waals surface area contributed by atoms with Crippen molar-refractivity contribution in [2.24, 2.45) is 0 Å². The van der Waals surface area contributed by atoms with E-state index in [1.54, 1.807) is 11.0 Å². The quantitative estimate of drug-likeness (QED) is 0.256. The molecule has 0 bridgehead atoms. The molecule has 3 N–H and O–H groups in total. The van der Waals surface area contributed by atoms with Crippen LogP contribution in [-0.4, -0.2) is 56.7 Å². The fraction of sp³-hybridized carbons (Fsp3) is 0.485. The standard InChI is InChI=1S/C31H38FN7O3.C2H6/c1-19(2)34-27(40)23-16-33-28(38-26(23)37-25-8-6-7-24(36-25)31(18-32)12-13-31)35-22-10-9-21-17-39(14-11-20(21)15-22)29(41)42-30(3,4)5;1-2/h6-10,15-16,19H,11-14,17-18H2,1-5H3,(H,34,40)(H2,33,35,36,37,38);1-2H3. The summed E-state index contributed by atoms with van der Waals surface area (Å²) in [5, 5.41) is 9.28. The predicted octanol–water partition coefficient (Wildman–Crippen LogP) is 6.82. The lowest BCUT2D eigenvalue weighted by molar-refractivity contribution is 0.0224. The van der Waals surface area contributed by atoms with Gasteiger partial charge in [-0.2, -0.15) is 4.98 Å². The number of hydrogen-bond donors (Lipinski definition) is 3. The molecule has 1 saturated carbocycles. The molecule has 0 radical (unpaired) electrons. The highest BCUT2D eigenvalue weighted by atomic mass is 19.1. The maximum Gasteiger partial charge on any atom is 0.410 e. The number of carbonyl (C=O) groups excluding carboxylic acids is 2. The molecule has 44 heavy (non-hydrogen) atoms. The maximum absolute atomic E-state index is 13.7. The molecule has 10 nitrogen and oxygen atoms in total. The summed E-state index contributed by atoms with van der Waals surface area (Å²) < 4.78 is 19.2. The Labute approximate surface area is 259 Å². The van der Waals surface area contributed by atoms with E-state index in [2.05, 4.69) is 30.9 Å². The molecule has 0 unspecified atom stereocenters. The number of amides is 2. The van der Waals surface area contributed by atoms with E-state index in [0.717, 1.165) is 29.7 Å². The molecule has 236 valence electrons. The first-order valence-corrected chi connectivity index (χ1v) is 15.3. The fourth-order valence-electron chi connectivity index (χ4n) is 4.82. The molecule has 1 aliphatic carbocycles. The minimum absolute atomic E-state index is 0.0781. The third-order valence-electron chi connectivity index (χ3n) is 7.23. The number of aromatic nitrogens is 3. The average molecular weight is 606 g/mol. The van der Waals surface area contributed by atoms with Gasteiger partial charge < -0.3 is 25.6 Å². The highest BCUT2D eigenvalue weighted by Gasteiger charge is 2.46. The molecule has 3 heterocycles. The van der Waals surface area contributed by atoms with Crippen molar-refractivity contribution in [3.63, 3.8) is 0 Å². The Morgan fingerprint density at radius 3 is 2.48 bits per heavy atom. The normalized spacial score (nSPS) is 15.0. The van der Waals surface area contributed by atoms with Gasteiger partial charge in [0.2, 0.25) is 5.95 Å². The number of rotatable bonds is 8. The highest BCUT2D eigenvalue weighted by molar-refractivity contribution is 5.99. The van der Waals surface area contributed by atoms with Crippen LogP contribution in [0, 0.1) is 0 Å². The third-order valence-corrected chi connectivity index (χ3v) is 7.23. The van der Waals surface area contributed by atoms with Crippen LogP contribution in [0.3, 0.4) is 0 Å². The minimum Gasteiger partial charge on any atom is -0.444 e. The van der Waals surface area contributed by atoms with Crippen molar-refractivity contribution >= 4 is 35.3 Å². The van der Waals surface area contributed by atoms with Crippen LogP contribution in [0.15, 0.2) is 42.6 Å². The lowest BCUT2D eigenvalue weighted by Gasteiger charge is -2.31. The van der Waals surface area contributed by atoms with Gasteiger partial charge in [0.1, 0.15) is 29.5 Å². The van der Waals surface area contributed by atoms with Crippen molar-refractivity contribution in [1.82, 2.24) is 25.2 Å². The van der Waals surface area contributed by atoms with E-state index in [1.165, 1.54) is 6.20 Å². The zero-order chi connectivity index (χ0) is 32.1. The van der Waals surface area contributed by atoms with E-state index in [-0.39, 0.29) is 29.4 Å². The van der Waals surface area contributed by atoms with Crippen LogP contribution in [-0.2, 0) is 23.1 Å². The van der Waals surface area contributed by atoms with Gasteiger partial charge in [-0.25, -0.2) is 14.8 Å². The number of hydrogen-bond acceptors (Lipinski definition) is 8. The average Bonchev–Trinajstić information content (AvgIpc) is 3.78. The number of nitrogens with one attached hydrogen (secondary N) is 3. The van der Waals surface area contributed by atoms with Crippen LogP contribution < -0.4 is 16.0 Å². The van der Waals surface area contributed by atoms with Gasteiger partial charge in [0.05, 0.1) is 5.69 Å². The first kappa shape index (κ1) is 32.6. The molecule has 2 aromatic heterocycles. The van der Waals surface area contributed by atoms with Crippen LogP contribution in [0.2, 0.25) is 0 Å². The fourth-order valence-corrected chi connectivity index (χ4v) is 4.82. The number of halogens is 1. The summed E-state index contributed by atoms with van der Waals surface area (Å²) in [5.74, 6) is 0.731. The van der Waals surface area contributed by atoms with Crippen molar-refractivity contribution in [3.05, 3.63) is 65.0 Å². The molecule has 0 saturated heterocycles. The summed E-state index contributed by atoms with van der Waals surface area (Å²) in [5.41, 5.74) is 2.85. The van der Waals surface area contributed by atoms with Crippen molar-refractivity contribution in [2.45, 2.75) is 91.3 Å². The molecular formula is C33H44FN7O3. The van der Waals surface area contributed by atoms with Gasteiger partial charge in [0, 0.05) is 36.4 Å². The second-order valence-electron chi connectivity index (χ2n) is 12.3. The Balaban J connectivity index is 0.00000216. The number of pyridine rings is 1. The van der Waals surface area contributed by atoms with Gasteiger partial charge in [0.25, 0.3) is 5.91 Å². The number of fused-ring (bicyclic) bond motifs is 1. The Hall–Kier alpha value is -4.28. The predicted molar refractivity (Wildman–Crippen MR) is 170 cm³/mol. The van der Waals surface area contributed by atoms with E-state index in [9.17, 15) is 14.0 Å². The summed E-state index contributed by atoms with van der Waals surface area (Å²) in [7, 11) is 0. The van der Waals surface area contributed by atoms with Crippen molar-refractivity contribution in [2.75, 3.05) is 23.9 Å². The molecule has 0 atom stereocenters. The Morgan fingerprint density at radius 2 is 1.82 bits per heavy atom. The second-order valence-corrected chi connectivity index (χ2v) is 12.3. The Morgan fingerprint density at radius 1 is 1.07 bits per heavy atom. The SMILES string of the molecule is CC.CC(C)NC(=O)c1cnc(Nc2ccc3c(c2)CCN(C(=O)OC(C)(C)C)C3)nc1Nc1cccc(C2(CF)CC2)n1. The molecule has 3 aromatic rings. The highest BCUT2D eigenvalue weighted by Crippen LogP contribution is 2.47. The van der Waals surface area contributed by atoms with E-state index in [4.69, 9.17) is 4.74 Å². The van der Waals surface area contributed by atoms with Crippen molar-refractivity contribution < 1.29 is 18.7 Å².